The fourth-order valence-corrected chi connectivity index (χ4v) is 5.14. The quantitative estimate of drug-likeness (QED) is 0.760. The van der Waals surface area contributed by atoms with Crippen molar-refractivity contribution in [2.45, 2.75) is 16.2 Å². The van der Waals surface area contributed by atoms with Crippen LogP contribution < -0.4 is 15.2 Å². The van der Waals surface area contributed by atoms with Crippen LogP contribution in [0.5, 0.6) is 0 Å². The number of hydrogen-bond donors (Lipinski definition) is 2. The monoisotopic (exact) mass is 395 g/mol. The molecule has 0 saturated heterocycles. The molecule has 0 radical (unpaired) electrons. The molecular formula is C16H17N3O5S2. The summed E-state index contributed by atoms with van der Waals surface area (Å²) in [7, 11) is -8.18. The highest BCUT2D eigenvalue weighted by Crippen LogP contribution is 2.34. The van der Waals surface area contributed by atoms with Gasteiger partial charge in [-0.05, 0) is 36.2 Å². The molecule has 0 fully saturated rings. The largest absolute Gasteiger partial charge is 0.369 e. The standard InChI is InChI=1S/C16H17N3O5S2/c17-16(20)12-8-11-4-1-2-7-15(11)19(10-12)26(23,24)14-6-3-5-13(9-14)25(18,21)22/h1-7,9,12H,8,10H2,(H2,17,20)(H2,18,21,22)/t12-/m1/s1. The van der Waals surface area contributed by atoms with Crippen LogP contribution in [0, 0.1) is 5.92 Å². The van der Waals surface area contributed by atoms with Crippen molar-refractivity contribution in [3.8, 4) is 0 Å². The van der Waals surface area contributed by atoms with Crippen LogP contribution in [-0.4, -0.2) is 29.3 Å². The number of carbonyl (C=O) groups is 1. The van der Waals surface area contributed by atoms with Gasteiger partial charge in [-0.25, -0.2) is 22.0 Å². The summed E-state index contributed by atoms with van der Waals surface area (Å²) in [5, 5.41) is 5.09. The van der Waals surface area contributed by atoms with Crippen LogP contribution in [0.15, 0.2) is 58.3 Å². The highest BCUT2D eigenvalue weighted by atomic mass is 32.2. The molecule has 138 valence electrons. The normalized spacial score (nSPS) is 17.6. The van der Waals surface area contributed by atoms with Crippen molar-refractivity contribution in [2.24, 2.45) is 16.8 Å². The van der Waals surface area contributed by atoms with Gasteiger partial charge in [0.1, 0.15) is 0 Å². The number of primary sulfonamides is 1. The lowest BCUT2D eigenvalue weighted by Crippen LogP contribution is -2.44. The first-order chi connectivity index (χ1) is 12.1. The van der Waals surface area contributed by atoms with Gasteiger partial charge < -0.3 is 5.73 Å². The molecule has 0 spiro atoms. The van der Waals surface area contributed by atoms with Crippen molar-refractivity contribution in [1.82, 2.24) is 0 Å². The molecule has 1 amide bonds. The Morgan fingerprint density at radius 2 is 1.65 bits per heavy atom. The van der Waals surface area contributed by atoms with E-state index in [2.05, 4.69) is 0 Å². The summed E-state index contributed by atoms with van der Waals surface area (Å²) in [6.45, 7) is -0.117. The van der Waals surface area contributed by atoms with E-state index in [4.69, 9.17) is 10.9 Å². The average molecular weight is 395 g/mol. The second-order valence-corrected chi connectivity index (χ2v) is 9.41. The lowest BCUT2D eigenvalue weighted by Gasteiger charge is -2.34. The minimum absolute atomic E-state index is 0.117. The zero-order chi connectivity index (χ0) is 19.1. The van der Waals surface area contributed by atoms with Gasteiger partial charge in [0.2, 0.25) is 15.9 Å². The predicted octanol–water partition coefficient (Wildman–Crippen LogP) is 0.187. The molecule has 10 heteroatoms. The summed E-state index contributed by atoms with van der Waals surface area (Å²) < 4.78 is 50.4. The van der Waals surface area contributed by atoms with Crippen molar-refractivity contribution in [3.05, 3.63) is 54.1 Å². The SMILES string of the molecule is NC(=O)[C@@H]1Cc2ccccc2N(S(=O)(=O)c2cccc(S(N)(=O)=O)c2)C1. The zero-order valence-electron chi connectivity index (χ0n) is 13.6. The Kier molecular flexibility index (Phi) is 4.51. The van der Waals surface area contributed by atoms with Crippen LogP contribution in [0.25, 0.3) is 0 Å². The summed E-state index contributed by atoms with van der Waals surface area (Å²) in [5.74, 6) is -1.28. The maximum Gasteiger partial charge on any atom is 0.264 e. The number of nitrogens with zero attached hydrogens (tertiary/aromatic N) is 1. The van der Waals surface area contributed by atoms with E-state index in [1.165, 1.54) is 18.2 Å². The number of hydrogen-bond acceptors (Lipinski definition) is 5. The third-order valence-electron chi connectivity index (χ3n) is 4.24. The van der Waals surface area contributed by atoms with E-state index >= 15 is 0 Å². The Balaban J connectivity index is 2.13. The number of nitrogens with two attached hydrogens (primary N) is 2. The van der Waals surface area contributed by atoms with E-state index in [-0.39, 0.29) is 16.3 Å². The van der Waals surface area contributed by atoms with Gasteiger partial charge in [-0.3, -0.25) is 9.10 Å². The molecule has 1 heterocycles. The molecule has 8 nitrogen and oxygen atoms in total. The fraction of sp³-hybridized carbons (Fsp3) is 0.188. The third kappa shape index (κ3) is 3.30. The predicted molar refractivity (Wildman–Crippen MR) is 95.2 cm³/mol. The average Bonchev–Trinajstić information content (AvgIpc) is 2.60. The van der Waals surface area contributed by atoms with Gasteiger partial charge in [-0.2, -0.15) is 0 Å². The topological polar surface area (TPSA) is 141 Å². The molecule has 0 bridgehead atoms. The molecule has 0 saturated carbocycles. The van der Waals surface area contributed by atoms with E-state index in [9.17, 15) is 21.6 Å². The summed E-state index contributed by atoms with van der Waals surface area (Å²) in [6, 6.07) is 11.6. The van der Waals surface area contributed by atoms with Crippen molar-refractivity contribution >= 4 is 31.6 Å². The first kappa shape index (κ1) is 18.4. The molecule has 26 heavy (non-hydrogen) atoms. The van der Waals surface area contributed by atoms with Crippen LogP contribution in [0.1, 0.15) is 5.56 Å². The van der Waals surface area contributed by atoms with Crippen LogP contribution in [0.2, 0.25) is 0 Å². The smallest absolute Gasteiger partial charge is 0.264 e. The maximum absolute atomic E-state index is 13.1. The highest BCUT2D eigenvalue weighted by molar-refractivity contribution is 7.93. The Labute approximate surface area is 151 Å². The summed E-state index contributed by atoms with van der Waals surface area (Å²) in [5.41, 5.74) is 6.50. The number of anilines is 1. The molecule has 1 aliphatic heterocycles. The van der Waals surface area contributed by atoms with Crippen LogP contribution in [-0.2, 0) is 31.3 Å². The second kappa shape index (κ2) is 6.38. The van der Waals surface area contributed by atoms with Crippen LogP contribution in [0.3, 0.4) is 0 Å². The number of primary amides is 1. The molecule has 1 atom stereocenters. The first-order valence-corrected chi connectivity index (χ1v) is 10.6. The molecular weight excluding hydrogens is 378 g/mol. The molecule has 3 rings (SSSR count). The van der Waals surface area contributed by atoms with Crippen LogP contribution in [0.4, 0.5) is 5.69 Å². The molecule has 4 N–H and O–H groups in total. The first-order valence-electron chi connectivity index (χ1n) is 7.63. The molecule has 2 aromatic rings. The minimum Gasteiger partial charge on any atom is -0.369 e. The Morgan fingerprint density at radius 3 is 2.31 bits per heavy atom. The number of para-hydroxylation sites is 1. The van der Waals surface area contributed by atoms with Crippen molar-refractivity contribution < 1.29 is 21.6 Å². The van der Waals surface area contributed by atoms with Crippen molar-refractivity contribution in [3.63, 3.8) is 0 Å². The Hall–Kier alpha value is -2.43. The highest BCUT2D eigenvalue weighted by Gasteiger charge is 2.35. The molecule has 0 aromatic heterocycles. The Bertz CT molecular complexity index is 1080. The fourth-order valence-electron chi connectivity index (χ4n) is 2.91. The van der Waals surface area contributed by atoms with E-state index in [0.29, 0.717) is 17.7 Å². The number of fused-ring (bicyclic) bond motifs is 1. The maximum atomic E-state index is 13.1. The summed E-state index contributed by atoms with van der Waals surface area (Å²) in [4.78, 5) is 11.1. The van der Waals surface area contributed by atoms with Crippen molar-refractivity contribution in [2.75, 3.05) is 10.8 Å². The minimum atomic E-state index is -4.12. The lowest BCUT2D eigenvalue weighted by molar-refractivity contribution is -0.121. The third-order valence-corrected chi connectivity index (χ3v) is 6.92. The van der Waals surface area contributed by atoms with Gasteiger partial charge >= 0.3 is 0 Å². The summed E-state index contributed by atoms with van der Waals surface area (Å²) >= 11 is 0. The lowest BCUT2D eigenvalue weighted by atomic mass is 9.93. The van der Waals surface area contributed by atoms with E-state index < -0.39 is 31.9 Å². The van der Waals surface area contributed by atoms with Gasteiger partial charge in [0, 0.05) is 6.54 Å². The van der Waals surface area contributed by atoms with Gasteiger partial charge in [0.25, 0.3) is 10.0 Å². The van der Waals surface area contributed by atoms with Gasteiger partial charge in [-0.15, -0.1) is 0 Å². The number of sulfonamides is 2. The molecule has 2 aromatic carbocycles. The number of rotatable bonds is 4. The van der Waals surface area contributed by atoms with Gasteiger partial charge in [0.15, 0.2) is 0 Å². The number of amides is 1. The van der Waals surface area contributed by atoms with Gasteiger partial charge in [-0.1, -0.05) is 24.3 Å². The van der Waals surface area contributed by atoms with Crippen LogP contribution >= 0.6 is 0 Å². The molecule has 0 unspecified atom stereocenters. The van der Waals surface area contributed by atoms with Crippen molar-refractivity contribution in [1.29, 1.82) is 0 Å². The summed E-state index contributed by atoms with van der Waals surface area (Å²) in [6.07, 6.45) is 0.342. The van der Waals surface area contributed by atoms with E-state index in [0.717, 1.165) is 10.4 Å². The molecule has 0 aliphatic carbocycles. The Morgan fingerprint density at radius 1 is 1.00 bits per heavy atom. The van der Waals surface area contributed by atoms with Gasteiger partial charge in [0.05, 0.1) is 21.4 Å². The van der Waals surface area contributed by atoms with E-state index in [1.807, 2.05) is 0 Å². The number of carbonyl (C=O) groups excluding carboxylic acids is 1. The van der Waals surface area contributed by atoms with E-state index in [1.54, 1.807) is 24.3 Å². The number of benzene rings is 2. The zero-order valence-corrected chi connectivity index (χ0v) is 15.2. The molecule has 1 aliphatic rings. The second-order valence-electron chi connectivity index (χ2n) is 5.99.